The Morgan fingerprint density at radius 1 is 1.42 bits per heavy atom. The molecule has 6 nitrogen and oxygen atoms in total. The van der Waals surface area contributed by atoms with E-state index < -0.39 is 11.4 Å². The van der Waals surface area contributed by atoms with E-state index in [1.54, 1.807) is 4.68 Å². The number of aryl methyl sites for hydroxylation is 1. The number of carboxylic acid groups (broad SMARTS) is 1. The topological polar surface area (TPSA) is 80.9 Å². The molecule has 0 saturated heterocycles. The highest BCUT2D eigenvalue weighted by Gasteiger charge is 2.51. The summed E-state index contributed by atoms with van der Waals surface area (Å²) >= 11 is 0. The maximum absolute atomic E-state index is 11.2. The second-order valence-corrected chi connectivity index (χ2v) is 5.06. The van der Waals surface area contributed by atoms with Gasteiger partial charge >= 0.3 is 5.97 Å². The van der Waals surface area contributed by atoms with Gasteiger partial charge in [0.05, 0.1) is 12.0 Å². The maximum Gasteiger partial charge on any atom is 0.311 e. The minimum Gasteiger partial charge on any atom is -0.481 e. The molecule has 0 spiro atoms. The highest BCUT2D eigenvalue weighted by atomic mass is 16.4. The lowest BCUT2D eigenvalue weighted by Crippen LogP contribution is -2.22. The lowest BCUT2D eigenvalue weighted by molar-refractivity contribution is -0.144. The molecule has 0 bridgehead atoms. The van der Waals surface area contributed by atoms with Gasteiger partial charge in [0.25, 0.3) is 0 Å². The van der Waals surface area contributed by atoms with Crippen molar-refractivity contribution in [2.24, 2.45) is 5.41 Å². The average Bonchev–Trinajstić information content (AvgIpc) is 3.03. The Morgan fingerprint density at radius 2 is 2.16 bits per heavy atom. The molecule has 19 heavy (non-hydrogen) atoms. The molecule has 1 aliphatic rings. The van der Waals surface area contributed by atoms with Gasteiger partial charge in [-0.1, -0.05) is 24.3 Å². The van der Waals surface area contributed by atoms with Crippen LogP contribution >= 0.6 is 0 Å². The van der Waals surface area contributed by atoms with Gasteiger partial charge < -0.3 is 5.11 Å². The molecule has 1 saturated carbocycles. The number of aromatic nitrogens is 4. The van der Waals surface area contributed by atoms with Gasteiger partial charge in [-0.25, -0.2) is 4.68 Å². The first-order valence-electron chi connectivity index (χ1n) is 6.18. The van der Waals surface area contributed by atoms with E-state index in [1.807, 2.05) is 31.2 Å². The first-order valence-corrected chi connectivity index (χ1v) is 6.18. The first-order chi connectivity index (χ1) is 9.12. The summed E-state index contributed by atoms with van der Waals surface area (Å²) in [5.74, 6) is -0.135. The third-order valence-electron chi connectivity index (χ3n) is 3.68. The highest BCUT2D eigenvalue weighted by Crippen LogP contribution is 2.47. The summed E-state index contributed by atoms with van der Waals surface area (Å²) in [5.41, 5.74) is 1.33. The molecular weight excluding hydrogens is 244 g/mol. The number of tetrazole rings is 1. The highest BCUT2D eigenvalue weighted by molar-refractivity contribution is 5.77. The van der Waals surface area contributed by atoms with Gasteiger partial charge in [0.15, 0.2) is 5.82 Å². The third-order valence-corrected chi connectivity index (χ3v) is 3.68. The lowest BCUT2D eigenvalue weighted by atomic mass is 10.1. The van der Waals surface area contributed by atoms with E-state index in [2.05, 4.69) is 15.5 Å². The van der Waals surface area contributed by atoms with Crippen LogP contribution in [0.3, 0.4) is 0 Å². The van der Waals surface area contributed by atoms with Gasteiger partial charge in [0.2, 0.25) is 0 Å². The number of carbonyl (C=O) groups is 1. The fraction of sp³-hybridized carbons (Fsp3) is 0.385. The standard InChI is InChI=1S/C13H14N4O2/c1-9-4-2-3-5-10(9)11-14-15-16-17(11)8-13(6-7-13)12(18)19/h2-5H,6-8H2,1H3,(H,18,19). The van der Waals surface area contributed by atoms with Gasteiger partial charge in [0, 0.05) is 5.56 Å². The van der Waals surface area contributed by atoms with Crippen LogP contribution in [-0.2, 0) is 11.3 Å². The molecule has 0 amide bonds. The van der Waals surface area contributed by atoms with Crippen LogP contribution in [0.2, 0.25) is 0 Å². The smallest absolute Gasteiger partial charge is 0.311 e. The Labute approximate surface area is 110 Å². The Bertz CT molecular complexity index is 631. The maximum atomic E-state index is 11.2. The first kappa shape index (κ1) is 11.8. The van der Waals surface area contributed by atoms with Crippen molar-refractivity contribution in [2.75, 3.05) is 0 Å². The predicted octanol–water partition coefficient (Wildman–Crippen LogP) is 1.51. The van der Waals surface area contributed by atoms with E-state index in [9.17, 15) is 9.90 Å². The summed E-state index contributed by atoms with van der Waals surface area (Å²) in [4.78, 5) is 11.2. The van der Waals surface area contributed by atoms with Crippen molar-refractivity contribution in [3.8, 4) is 11.4 Å². The SMILES string of the molecule is Cc1ccccc1-c1nnnn1CC1(C(=O)O)CC1. The molecule has 1 fully saturated rings. The molecule has 1 aliphatic carbocycles. The van der Waals surface area contributed by atoms with Gasteiger partial charge in [-0.05, 0) is 35.8 Å². The minimum atomic E-state index is -0.765. The predicted molar refractivity (Wildman–Crippen MR) is 67.3 cm³/mol. The summed E-state index contributed by atoms with van der Waals surface area (Å²) in [5, 5.41) is 20.9. The molecule has 0 aliphatic heterocycles. The Hall–Kier alpha value is -2.24. The van der Waals surface area contributed by atoms with E-state index in [1.165, 1.54) is 0 Å². The van der Waals surface area contributed by atoms with Gasteiger partial charge in [-0.2, -0.15) is 0 Å². The molecule has 3 rings (SSSR count). The van der Waals surface area contributed by atoms with Crippen LogP contribution < -0.4 is 0 Å². The van der Waals surface area contributed by atoms with E-state index in [4.69, 9.17) is 0 Å². The number of benzene rings is 1. The zero-order chi connectivity index (χ0) is 13.5. The summed E-state index contributed by atoms with van der Waals surface area (Å²) in [7, 11) is 0. The van der Waals surface area contributed by atoms with E-state index >= 15 is 0 Å². The van der Waals surface area contributed by atoms with Crippen molar-refractivity contribution in [3.63, 3.8) is 0 Å². The molecule has 6 heteroatoms. The molecule has 0 atom stereocenters. The number of hydrogen-bond donors (Lipinski definition) is 1. The fourth-order valence-electron chi connectivity index (χ4n) is 2.21. The van der Waals surface area contributed by atoms with Gasteiger partial charge in [0.1, 0.15) is 0 Å². The summed E-state index contributed by atoms with van der Waals surface area (Å²) in [6, 6.07) is 7.80. The van der Waals surface area contributed by atoms with Crippen LogP contribution in [0.4, 0.5) is 0 Å². The van der Waals surface area contributed by atoms with Crippen molar-refractivity contribution in [3.05, 3.63) is 29.8 Å². The monoisotopic (exact) mass is 258 g/mol. The number of carboxylic acids is 1. The van der Waals surface area contributed by atoms with E-state index in [0.29, 0.717) is 25.2 Å². The van der Waals surface area contributed by atoms with Crippen LogP contribution in [0.1, 0.15) is 18.4 Å². The van der Waals surface area contributed by atoms with Crippen LogP contribution in [0.15, 0.2) is 24.3 Å². The van der Waals surface area contributed by atoms with Crippen LogP contribution in [0.5, 0.6) is 0 Å². The molecule has 2 aromatic rings. The summed E-state index contributed by atoms with van der Waals surface area (Å²) in [6.07, 6.45) is 1.38. The molecule has 0 unspecified atom stereocenters. The minimum absolute atomic E-state index is 0.332. The summed E-state index contributed by atoms with van der Waals surface area (Å²) in [6.45, 7) is 2.32. The Balaban J connectivity index is 1.96. The second kappa shape index (κ2) is 4.15. The molecule has 0 radical (unpaired) electrons. The summed E-state index contributed by atoms with van der Waals surface area (Å²) < 4.78 is 1.60. The van der Waals surface area contributed by atoms with Crippen LogP contribution in [0, 0.1) is 12.3 Å². The molecule has 1 heterocycles. The molecule has 98 valence electrons. The number of nitrogens with zero attached hydrogens (tertiary/aromatic N) is 4. The lowest BCUT2D eigenvalue weighted by Gasteiger charge is -2.11. The van der Waals surface area contributed by atoms with Crippen molar-refractivity contribution >= 4 is 5.97 Å². The zero-order valence-corrected chi connectivity index (χ0v) is 10.6. The third kappa shape index (κ3) is 1.99. The second-order valence-electron chi connectivity index (χ2n) is 5.06. The average molecular weight is 258 g/mol. The van der Waals surface area contributed by atoms with Crippen molar-refractivity contribution in [2.45, 2.75) is 26.3 Å². The molecule has 1 N–H and O–H groups in total. The van der Waals surface area contributed by atoms with E-state index in [0.717, 1.165) is 11.1 Å². The molecular formula is C13H14N4O2. The van der Waals surface area contributed by atoms with Crippen molar-refractivity contribution in [1.29, 1.82) is 0 Å². The molecule has 1 aromatic heterocycles. The molecule has 1 aromatic carbocycles. The number of aliphatic carboxylic acids is 1. The van der Waals surface area contributed by atoms with Gasteiger partial charge in [-0.15, -0.1) is 5.10 Å². The largest absolute Gasteiger partial charge is 0.481 e. The van der Waals surface area contributed by atoms with Crippen LogP contribution in [-0.4, -0.2) is 31.3 Å². The van der Waals surface area contributed by atoms with E-state index in [-0.39, 0.29) is 0 Å². The number of hydrogen-bond acceptors (Lipinski definition) is 4. The van der Waals surface area contributed by atoms with Crippen LogP contribution in [0.25, 0.3) is 11.4 Å². The van der Waals surface area contributed by atoms with Gasteiger partial charge in [-0.3, -0.25) is 4.79 Å². The zero-order valence-electron chi connectivity index (χ0n) is 10.6. The Morgan fingerprint density at radius 3 is 2.79 bits per heavy atom. The number of rotatable bonds is 4. The fourth-order valence-corrected chi connectivity index (χ4v) is 2.21. The van der Waals surface area contributed by atoms with Crippen molar-refractivity contribution in [1.82, 2.24) is 20.2 Å². The normalized spacial score (nSPS) is 16.3. The van der Waals surface area contributed by atoms with Crippen molar-refractivity contribution < 1.29 is 9.90 Å². The quantitative estimate of drug-likeness (QED) is 0.899. The Kier molecular flexibility index (Phi) is 2.58.